The van der Waals surface area contributed by atoms with Gasteiger partial charge in [-0.1, -0.05) is 73.1 Å². The maximum atomic E-state index is 6.00. The van der Waals surface area contributed by atoms with E-state index in [1.165, 1.54) is 38.5 Å². The molecular formula is C16H36O2Si. The Morgan fingerprint density at radius 1 is 0.947 bits per heavy atom. The van der Waals surface area contributed by atoms with Crippen LogP contribution in [0.5, 0.6) is 0 Å². The molecule has 0 N–H and O–H groups in total. The molecule has 0 saturated carbocycles. The van der Waals surface area contributed by atoms with E-state index in [1.54, 1.807) is 0 Å². The van der Waals surface area contributed by atoms with Crippen LogP contribution in [0.25, 0.3) is 0 Å². The van der Waals surface area contributed by atoms with Crippen LogP contribution in [0.15, 0.2) is 0 Å². The van der Waals surface area contributed by atoms with Crippen LogP contribution in [0, 0.1) is 5.92 Å². The average Bonchev–Trinajstić information content (AvgIpc) is 2.42. The normalized spacial score (nSPS) is 14.7. The molecule has 0 bridgehead atoms. The van der Waals surface area contributed by atoms with Crippen LogP contribution in [0.1, 0.15) is 73.1 Å². The number of hydrogen-bond acceptors (Lipinski definition) is 2. The number of hydrogen-bond donors (Lipinski definition) is 0. The van der Waals surface area contributed by atoms with Crippen molar-refractivity contribution >= 4 is 8.56 Å². The second-order valence-electron chi connectivity index (χ2n) is 6.36. The van der Waals surface area contributed by atoms with Crippen molar-refractivity contribution in [1.29, 1.82) is 0 Å². The third-order valence-corrected chi connectivity index (χ3v) is 9.88. The highest BCUT2D eigenvalue weighted by Crippen LogP contribution is 2.48. The minimum atomic E-state index is -2.12. The highest BCUT2D eigenvalue weighted by atomic mass is 28.4. The van der Waals surface area contributed by atoms with Gasteiger partial charge in [0.2, 0.25) is 0 Å². The molecular weight excluding hydrogens is 252 g/mol. The Kier molecular flexibility index (Phi) is 9.21. The summed E-state index contributed by atoms with van der Waals surface area (Å²) in [5.74, 6) is 0.634. The van der Waals surface area contributed by atoms with Crippen molar-refractivity contribution in [3.8, 4) is 0 Å². The van der Waals surface area contributed by atoms with Gasteiger partial charge in [0, 0.05) is 19.3 Å². The highest BCUT2D eigenvalue weighted by Gasteiger charge is 2.52. The van der Waals surface area contributed by atoms with E-state index < -0.39 is 8.56 Å². The van der Waals surface area contributed by atoms with E-state index in [0.717, 1.165) is 6.04 Å². The molecule has 0 aromatic rings. The van der Waals surface area contributed by atoms with Gasteiger partial charge in [0.1, 0.15) is 0 Å². The summed E-state index contributed by atoms with van der Waals surface area (Å²) >= 11 is 0. The first kappa shape index (κ1) is 19.1. The maximum Gasteiger partial charge on any atom is 0.343 e. The quantitative estimate of drug-likeness (QED) is 0.368. The molecule has 0 fully saturated rings. The average molecular weight is 289 g/mol. The van der Waals surface area contributed by atoms with Crippen LogP contribution >= 0.6 is 0 Å². The lowest BCUT2D eigenvalue weighted by atomic mass is 9.94. The fourth-order valence-electron chi connectivity index (χ4n) is 2.98. The van der Waals surface area contributed by atoms with Gasteiger partial charge in [-0.15, -0.1) is 0 Å². The molecule has 0 aliphatic rings. The predicted octanol–water partition coefficient (Wildman–Crippen LogP) is 5.52. The maximum absolute atomic E-state index is 6.00. The molecule has 0 aliphatic heterocycles. The van der Waals surface area contributed by atoms with Crippen molar-refractivity contribution in [3.05, 3.63) is 0 Å². The monoisotopic (exact) mass is 288 g/mol. The molecule has 116 valence electrons. The zero-order valence-corrected chi connectivity index (χ0v) is 15.3. The van der Waals surface area contributed by atoms with E-state index in [4.69, 9.17) is 8.85 Å². The fourth-order valence-corrected chi connectivity index (χ4v) is 6.92. The van der Waals surface area contributed by atoms with Gasteiger partial charge < -0.3 is 8.85 Å². The Balaban J connectivity index is 4.65. The zero-order chi connectivity index (χ0) is 14.9. The van der Waals surface area contributed by atoms with Crippen LogP contribution in [0.3, 0.4) is 0 Å². The van der Waals surface area contributed by atoms with Crippen LogP contribution < -0.4 is 0 Å². The Hall–Kier alpha value is 0.137. The summed E-state index contributed by atoms with van der Waals surface area (Å²) in [5, 5.41) is 0.163. The summed E-state index contributed by atoms with van der Waals surface area (Å²) in [5.41, 5.74) is 0. The zero-order valence-electron chi connectivity index (χ0n) is 14.3. The molecule has 0 heterocycles. The van der Waals surface area contributed by atoms with E-state index in [0.29, 0.717) is 5.92 Å². The first-order valence-corrected chi connectivity index (χ1v) is 10.0. The van der Waals surface area contributed by atoms with Crippen molar-refractivity contribution in [3.63, 3.8) is 0 Å². The van der Waals surface area contributed by atoms with E-state index in [9.17, 15) is 0 Å². The third kappa shape index (κ3) is 4.87. The summed E-state index contributed by atoms with van der Waals surface area (Å²) in [6.07, 6.45) is 7.74. The largest absolute Gasteiger partial charge is 0.397 e. The van der Waals surface area contributed by atoms with E-state index >= 15 is 0 Å². The van der Waals surface area contributed by atoms with Crippen molar-refractivity contribution < 1.29 is 8.85 Å². The van der Waals surface area contributed by atoms with Gasteiger partial charge in [-0.25, -0.2) is 0 Å². The van der Waals surface area contributed by atoms with Gasteiger partial charge in [0.15, 0.2) is 0 Å². The third-order valence-electron chi connectivity index (χ3n) is 5.10. The SMILES string of the molecule is CCCCCCC[Si](OC)(OC)C(C)(C)C(C)CC. The Bertz CT molecular complexity index is 225. The van der Waals surface area contributed by atoms with Gasteiger partial charge in [0.25, 0.3) is 0 Å². The van der Waals surface area contributed by atoms with Gasteiger partial charge >= 0.3 is 8.56 Å². The minimum Gasteiger partial charge on any atom is -0.397 e. The molecule has 0 spiro atoms. The molecule has 0 aliphatic carbocycles. The van der Waals surface area contributed by atoms with E-state index in [-0.39, 0.29) is 5.04 Å². The first-order valence-electron chi connectivity index (χ1n) is 8.02. The van der Waals surface area contributed by atoms with Gasteiger partial charge in [0.05, 0.1) is 0 Å². The molecule has 0 radical (unpaired) electrons. The molecule has 19 heavy (non-hydrogen) atoms. The summed E-state index contributed by atoms with van der Waals surface area (Å²) in [6.45, 7) is 11.5. The number of rotatable bonds is 11. The van der Waals surface area contributed by atoms with Crippen molar-refractivity contribution in [1.82, 2.24) is 0 Å². The topological polar surface area (TPSA) is 18.5 Å². The summed E-state index contributed by atoms with van der Waals surface area (Å²) in [6, 6.07) is 1.13. The summed E-state index contributed by atoms with van der Waals surface area (Å²) in [4.78, 5) is 0. The molecule has 1 unspecified atom stereocenters. The van der Waals surface area contributed by atoms with Crippen molar-refractivity contribution in [2.45, 2.75) is 84.2 Å². The lowest BCUT2D eigenvalue weighted by molar-refractivity contribution is 0.185. The highest BCUT2D eigenvalue weighted by molar-refractivity contribution is 6.70. The molecule has 0 aromatic heterocycles. The lowest BCUT2D eigenvalue weighted by Crippen LogP contribution is -2.52. The van der Waals surface area contributed by atoms with Crippen LogP contribution in [0.4, 0.5) is 0 Å². The molecule has 1 atom stereocenters. The van der Waals surface area contributed by atoms with E-state index in [2.05, 4.69) is 34.6 Å². The second-order valence-corrected chi connectivity index (χ2v) is 10.5. The minimum absolute atomic E-state index is 0.163. The Morgan fingerprint density at radius 3 is 1.89 bits per heavy atom. The Labute approximate surface area is 122 Å². The molecule has 2 nitrogen and oxygen atoms in total. The smallest absolute Gasteiger partial charge is 0.343 e. The van der Waals surface area contributed by atoms with Gasteiger partial charge in [-0.2, -0.15) is 0 Å². The fraction of sp³-hybridized carbons (Fsp3) is 1.00. The van der Waals surface area contributed by atoms with Crippen LogP contribution in [-0.4, -0.2) is 22.8 Å². The summed E-state index contributed by atoms with van der Waals surface area (Å²) in [7, 11) is 1.59. The standard InChI is InChI=1S/C16H36O2Si/c1-8-10-11-12-13-14-19(17-6,18-7)16(4,5)15(3)9-2/h15H,8-14H2,1-7H3. The van der Waals surface area contributed by atoms with Crippen molar-refractivity contribution in [2.75, 3.05) is 14.2 Å². The molecule has 3 heteroatoms. The predicted molar refractivity (Wildman–Crippen MR) is 86.8 cm³/mol. The second kappa shape index (κ2) is 9.14. The van der Waals surface area contributed by atoms with Crippen molar-refractivity contribution in [2.24, 2.45) is 5.92 Å². The lowest BCUT2D eigenvalue weighted by Gasteiger charge is -2.45. The Morgan fingerprint density at radius 2 is 1.47 bits per heavy atom. The van der Waals surface area contributed by atoms with Crippen LogP contribution in [0.2, 0.25) is 11.1 Å². The van der Waals surface area contributed by atoms with Gasteiger partial charge in [-0.05, 0) is 12.0 Å². The molecule has 0 amide bonds. The number of unbranched alkanes of at least 4 members (excludes halogenated alkanes) is 4. The molecule has 0 rings (SSSR count). The van der Waals surface area contributed by atoms with E-state index in [1.807, 2.05) is 14.2 Å². The van der Waals surface area contributed by atoms with Gasteiger partial charge in [-0.3, -0.25) is 0 Å². The molecule has 0 aromatic carbocycles. The summed E-state index contributed by atoms with van der Waals surface area (Å²) < 4.78 is 12.0. The first-order chi connectivity index (χ1) is 8.91. The molecule has 0 saturated heterocycles. The van der Waals surface area contributed by atoms with Crippen LogP contribution in [-0.2, 0) is 8.85 Å².